The molecular weight excluding hydrogens is 173 g/mol. The summed E-state index contributed by atoms with van der Waals surface area (Å²) < 4.78 is 19.1. The van der Waals surface area contributed by atoms with Crippen molar-refractivity contribution >= 4 is 7.52 Å². The van der Waals surface area contributed by atoms with Crippen LogP contribution in [0.2, 0.25) is 0 Å². The maximum absolute atomic E-state index is 11.9. The molecule has 72 valence electrons. The Hall–Kier alpha value is 0.150. The van der Waals surface area contributed by atoms with Crippen LogP contribution in [-0.2, 0) is 9.09 Å². The normalized spacial score (nSPS) is 25.2. The number of nitrogens with zero attached hydrogens (tertiary/aromatic N) is 1. The SMILES string of the molecule is CCOP(C)(=O)N1CCCCC1. The molecule has 1 unspecified atom stereocenters. The molecule has 0 saturated carbocycles. The molecule has 0 amide bonds. The first kappa shape index (κ1) is 10.2. The van der Waals surface area contributed by atoms with Gasteiger partial charge < -0.3 is 4.52 Å². The van der Waals surface area contributed by atoms with Crippen LogP contribution in [0.3, 0.4) is 0 Å². The van der Waals surface area contributed by atoms with E-state index in [4.69, 9.17) is 4.52 Å². The van der Waals surface area contributed by atoms with Gasteiger partial charge in [-0.05, 0) is 19.8 Å². The minimum absolute atomic E-state index is 0.546. The summed E-state index contributed by atoms with van der Waals surface area (Å²) in [5, 5.41) is 0. The fourth-order valence-corrected chi connectivity index (χ4v) is 3.21. The van der Waals surface area contributed by atoms with Gasteiger partial charge in [-0.15, -0.1) is 0 Å². The summed E-state index contributed by atoms with van der Waals surface area (Å²) in [4.78, 5) is 0. The second-order valence-electron chi connectivity index (χ2n) is 3.24. The summed E-state index contributed by atoms with van der Waals surface area (Å²) >= 11 is 0. The maximum Gasteiger partial charge on any atom is 0.269 e. The van der Waals surface area contributed by atoms with Crippen molar-refractivity contribution < 1.29 is 9.09 Å². The molecule has 0 aliphatic carbocycles. The summed E-state index contributed by atoms with van der Waals surface area (Å²) in [7, 11) is -2.43. The lowest BCUT2D eigenvalue weighted by Crippen LogP contribution is -2.27. The topological polar surface area (TPSA) is 29.5 Å². The molecule has 0 aromatic carbocycles. The van der Waals surface area contributed by atoms with Gasteiger partial charge in [-0.2, -0.15) is 0 Å². The summed E-state index contributed by atoms with van der Waals surface area (Å²) in [5.41, 5.74) is 0. The van der Waals surface area contributed by atoms with Gasteiger partial charge >= 0.3 is 0 Å². The molecule has 1 aliphatic heterocycles. The molecule has 1 heterocycles. The van der Waals surface area contributed by atoms with Crippen LogP contribution in [0.4, 0.5) is 0 Å². The van der Waals surface area contributed by atoms with Crippen molar-refractivity contribution in [1.29, 1.82) is 0 Å². The molecule has 1 aliphatic rings. The highest BCUT2D eigenvalue weighted by atomic mass is 31.2. The highest BCUT2D eigenvalue weighted by molar-refractivity contribution is 7.55. The second-order valence-corrected chi connectivity index (χ2v) is 5.66. The first-order valence-electron chi connectivity index (χ1n) is 4.64. The first-order chi connectivity index (χ1) is 5.67. The monoisotopic (exact) mass is 191 g/mol. The minimum atomic E-state index is -2.43. The average molecular weight is 191 g/mol. The van der Waals surface area contributed by atoms with Crippen molar-refractivity contribution in [3.05, 3.63) is 0 Å². The standard InChI is InChI=1S/C8H18NO2P/c1-3-11-12(2,10)9-7-5-4-6-8-9/h3-8H2,1-2H3. The fraction of sp³-hybridized carbons (Fsp3) is 1.00. The van der Waals surface area contributed by atoms with E-state index in [1.54, 1.807) is 6.66 Å². The van der Waals surface area contributed by atoms with Crippen molar-refractivity contribution in [1.82, 2.24) is 4.67 Å². The van der Waals surface area contributed by atoms with Crippen molar-refractivity contribution in [2.45, 2.75) is 26.2 Å². The quantitative estimate of drug-likeness (QED) is 0.641. The van der Waals surface area contributed by atoms with Gasteiger partial charge in [-0.1, -0.05) is 6.42 Å². The Bertz CT molecular complexity index is 178. The van der Waals surface area contributed by atoms with Crippen LogP contribution in [0, 0.1) is 0 Å². The molecule has 0 bridgehead atoms. The van der Waals surface area contributed by atoms with E-state index >= 15 is 0 Å². The van der Waals surface area contributed by atoms with Gasteiger partial charge in [0.05, 0.1) is 6.61 Å². The van der Waals surface area contributed by atoms with E-state index < -0.39 is 7.52 Å². The predicted octanol–water partition coefficient (Wildman–Crippen LogP) is 2.33. The summed E-state index contributed by atoms with van der Waals surface area (Å²) in [6.07, 6.45) is 3.58. The van der Waals surface area contributed by atoms with Gasteiger partial charge in [0, 0.05) is 19.8 Å². The Kier molecular flexibility index (Phi) is 3.76. The molecule has 1 fully saturated rings. The number of rotatable bonds is 3. The molecule has 1 saturated heterocycles. The summed E-state index contributed by atoms with van der Waals surface area (Å²) in [6, 6.07) is 0. The maximum atomic E-state index is 11.9. The van der Waals surface area contributed by atoms with Crippen LogP contribution in [-0.4, -0.2) is 31.0 Å². The molecule has 0 radical (unpaired) electrons. The molecule has 1 atom stereocenters. The van der Waals surface area contributed by atoms with Crippen molar-refractivity contribution in [3.8, 4) is 0 Å². The van der Waals surface area contributed by atoms with E-state index in [0.717, 1.165) is 25.9 Å². The van der Waals surface area contributed by atoms with Gasteiger partial charge in [-0.25, -0.2) is 4.67 Å². The van der Waals surface area contributed by atoms with Crippen molar-refractivity contribution in [2.75, 3.05) is 26.4 Å². The van der Waals surface area contributed by atoms with Crippen LogP contribution < -0.4 is 0 Å². The van der Waals surface area contributed by atoms with Crippen LogP contribution in [0.15, 0.2) is 0 Å². The molecule has 12 heavy (non-hydrogen) atoms. The van der Waals surface area contributed by atoms with E-state index in [9.17, 15) is 4.57 Å². The zero-order chi connectivity index (χ0) is 9.03. The molecule has 0 aromatic rings. The lowest BCUT2D eigenvalue weighted by molar-refractivity contribution is 0.255. The van der Waals surface area contributed by atoms with Gasteiger partial charge in [0.2, 0.25) is 0 Å². The molecule has 1 rings (SSSR count). The van der Waals surface area contributed by atoms with Crippen LogP contribution in [0.5, 0.6) is 0 Å². The van der Waals surface area contributed by atoms with Gasteiger partial charge in [0.1, 0.15) is 0 Å². The third-order valence-corrected chi connectivity index (χ3v) is 4.38. The Morgan fingerprint density at radius 2 is 1.92 bits per heavy atom. The number of piperidine rings is 1. The van der Waals surface area contributed by atoms with E-state index in [-0.39, 0.29) is 0 Å². The zero-order valence-corrected chi connectivity index (χ0v) is 8.85. The number of hydrogen-bond donors (Lipinski definition) is 0. The van der Waals surface area contributed by atoms with Gasteiger partial charge in [0.15, 0.2) is 0 Å². The first-order valence-corrected chi connectivity index (χ1v) is 6.67. The van der Waals surface area contributed by atoms with Crippen LogP contribution in [0.1, 0.15) is 26.2 Å². The predicted molar refractivity (Wildman–Crippen MR) is 50.6 cm³/mol. The Morgan fingerprint density at radius 3 is 2.42 bits per heavy atom. The van der Waals surface area contributed by atoms with Crippen LogP contribution >= 0.6 is 7.52 Å². The zero-order valence-electron chi connectivity index (χ0n) is 7.95. The molecule has 0 aromatic heterocycles. The summed E-state index contributed by atoms with van der Waals surface area (Å²) in [5.74, 6) is 0. The lowest BCUT2D eigenvalue weighted by atomic mass is 10.2. The summed E-state index contributed by atoms with van der Waals surface area (Å²) in [6.45, 7) is 6.04. The van der Waals surface area contributed by atoms with E-state index in [1.165, 1.54) is 6.42 Å². The Balaban J connectivity index is 2.48. The number of hydrogen-bond acceptors (Lipinski definition) is 2. The second kappa shape index (κ2) is 4.40. The van der Waals surface area contributed by atoms with Crippen LogP contribution in [0.25, 0.3) is 0 Å². The minimum Gasteiger partial charge on any atom is -0.318 e. The third-order valence-electron chi connectivity index (χ3n) is 2.21. The highest BCUT2D eigenvalue weighted by Crippen LogP contribution is 2.47. The lowest BCUT2D eigenvalue weighted by Gasteiger charge is -2.31. The molecule has 3 nitrogen and oxygen atoms in total. The molecule has 0 N–H and O–H groups in total. The highest BCUT2D eigenvalue weighted by Gasteiger charge is 2.26. The largest absolute Gasteiger partial charge is 0.318 e. The van der Waals surface area contributed by atoms with Crippen molar-refractivity contribution in [2.24, 2.45) is 0 Å². The molecule has 4 heteroatoms. The van der Waals surface area contributed by atoms with Crippen molar-refractivity contribution in [3.63, 3.8) is 0 Å². The van der Waals surface area contributed by atoms with E-state index in [1.807, 2.05) is 11.6 Å². The van der Waals surface area contributed by atoms with Gasteiger partial charge in [-0.3, -0.25) is 4.57 Å². The fourth-order valence-electron chi connectivity index (χ4n) is 1.56. The Morgan fingerprint density at radius 1 is 1.33 bits per heavy atom. The smallest absolute Gasteiger partial charge is 0.269 e. The third kappa shape index (κ3) is 2.58. The average Bonchev–Trinajstić information content (AvgIpc) is 2.06. The Labute approximate surface area is 74.6 Å². The van der Waals surface area contributed by atoms with E-state index in [2.05, 4.69) is 0 Å². The van der Waals surface area contributed by atoms with Gasteiger partial charge in [0.25, 0.3) is 7.52 Å². The van der Waals surface area contributed by atoms with E-state index in [0.29, 0.717) is 6.61 Å². The molecular formula is C8H18NO2P. The molecule has 0 spiro atoms.